The molecule has 6 heteroatoms. The fourth-order valence-electron chi connectivity index (χ4n) is 1.33. The van der Waals surface area contributed by atoms with Crippen molar-refractivity contribution in [2.45, 2.75) is 0 Å². The van der Waals surface area contributed by atoms with Crippen molar-refractivity contribution in [3.63, 3.8) is 0 Å². The van der Waals surface area contributed by atoms with Gasteiger partial charge in [0, 0.05) is 6.07 Å². The lowest BCUT2D eigenvalue weighted by atomic mass is 10.1. The van der Waals surface area contributed by atoms with E-state index in [1.54, 1.807) is 0 Å². The lowest BCUT2D eigenvalue weighted by Gasteiger charge is -2.01. The van der Waals surface area contributed by atoms with Crippen LogP contribution in [0.15, 0.2) is 28.7 Å². The first kappa shape index (κ1) is 11.3. The standard InChI is InChI=1S/C11H5F3O3/c12-5-3-6(10(14)7(13)4-5)8-1-2-9(17-8)11(15)16/h1-4H,(H,15,16). The van der Waals surface area contributed by atoms with Gasteiger partial charge in [-0.3, -0.25) is 0 Å². The van der Waals surface area contributed by atoms with Crippen molar-refractivity contribution in [1.29, 1.82) is 0 Å². The first-order chi connectivity index (χ1) is 7.99. The van der Waals surface area contributed by atoms with Crippen LogP contribution in [-0.2, 0) is 0 Å². The van der Waals surface area contributed by atoms with Crippen LogP contribution in [-0.4, -0.2) is 11.1 Å². The molecular weight excluding hydrogens is 237 g/mol. The average Bonchev–Trinajstić information content (AvgIpc) is 2.72. The number of benzene rings is 1. The molecule has 17 heavy (non-hydrogen) atoms. The van der Waals surface area contributed by atoms with Crippen molar-refractivity contribution in [2.75, 3.05) is 0 Å². The number of carboxylic acids is 1. The second kappa shape index (κ2) is 3.97. The third-order valence-electron chi connectivity index (χ3n) is 2.08. The third-order valence-corrected chi connectivity index (χ3v) is 2.08. The summed E-state index contributed by atoms with van der Waals surface area (Å²) < 4.78 is 43.9. The van der Waals surface area contributed by atoms with Crippen molar-refractivity contribution in [2.24, 2.45) is 0 Å². The Bertz CT molecular complexity index is 590. The Morgan fingerprint density at radius 1 is 1.18 bits per heavy atom. The highest BCUT2D eigenvalue weighted by Gasteiger charge is 2.17. The van der Waals surface area contributed by atoms with Gasteiger partial charge in [-0.05, 0) is 18.2 Å². The summed E-state index contributed by atoms with van der Waals surface area (Å²) in [5, 5.41) is 8.59. The molecule has 1 aromatic carbocycles. The molecule has 0 saturated heterocycles. The van der Waals surface area contributed by atoms with Crippen LogP contribution in [0.5, 0.6) is 0 Å². The van der Waals surface area contributed by atoms with Crippen LogP contribution in [0.3, 0.4) is 0 Å². The van der Waals surface area contributed by atoms with Crippen molar-refractivity contribution in [1.82, 2.24) is 0 Å². The number of furan rings is 1. The van der Waals surface area contributed by atoms with Crippen LogP contribution in [0.2, 0.25) is 0 Å². The molecule has 0 unspecified atom stereocenters. The Labute approximate surface area is 93.1 Å². The largest absolute Gasteiger partial charge is 0.475 e. The predicted octanol–water partition coefficient (Wildman–Crippen LogP) is 3.06. The van der Waals surface area contributed by atoms with Gasteiger partial charge in [0.15, 0.2) is 11.6 Å². The molecular formula is C11H5F3O3. The Balaban J connectivity index is 2.56. The van der Waals surface area contributed by atoms with Gasteiger partial charge in [0.2, 0.25) is 5.76 Å². The summed E-state index contributed by atoms with van der Waals surface area (Å²) in [4.78, 5) is 10.5. The smallest absolute Gasteiger partial charge is 0.371 e. The fraction of sp³-hybridized carbons (Fsp3) is 0. The number of carboxylic acid groups (broad SMARTS) is 1. The van der Waals surface area contributed by atoms with E-state index in [0.717, 1.165) is 18.2 Å². The van der Waals surface area contributed by atoms with E-state index in [-0.39, 0.29) is 5.76 Å². The minimum Gasteiger partial charge on any atom is -0.475 e. The number of halogens is 3. The second-order valence-corrected chi connectivity index (χ2v) is 3.22. The minimum absolute atomic E-state index is 0.252. The van der Waals surface area contributed by atoms with Crippen LogP contribution in [0.1, 0.15) is 10.6 Å². The fourth-order valence-corrected chi connectivity index (χ4v) is 1.33. The Morgan fingerprint density at radius 3 is 2.47 bits per heavy atom. The van der Waals surface area contributed by atoms with Gasteiger partial charge < -0.3 is 9.52 Å². The van der Waals surface area contributed by atoms with Gasteiger partial charge >= 0.3 is 5.97 Å². The van der Waals surface area contributed by atoms with Crippen LogP contribution < -0.4 is 0 Å². The predicted molar refractivity (Wildman–Crippen MR) is 51.0 cm³/mol. The topological polar surface area (TPSA) is 50.4 Å². The summed E-state index contributed by atoms with van der Waals surface area (Å²) in [6.07, 6.45) is 0. The summed E-state index contributed by atoms with van der Waals surface area (Å²) >= 11 is 0. The third kappa shape index (κ3) is 2.01. The summed E-state index contributed by atoms with van der Waals surface area (Å²) in [5.74, 6) is -5.69. The number of aromatic carboxylic acids is 1. The van der Waals surface area contributed by atoms with Crippen LogP contribution in [0, 0.1) is 17.5 Å². The summed E-state index contributed by atoms with van der Waals surface area (Å²) in [7, 11) is 0. The minimum atomic E-state index is -1.37. The molecule has 2 rings (SSSR count). The van der Waals surface area contributed by atoms with Crippen LogP contribution in [0.4, 0.5) is 13.2 Å². The normalized spacial score (nSPS) is 10.5. The quantitative estimate of drug-likeness (QED) is 0.823. The van der Waals surface area contributed by atoms with E-state index in [4.69, 9.17) is 9.52 Å². The monoisotopic (exact) mass is 242 g/mol. The SMILES string of the molecule is O=C(O)c1ccc(-c2cc(F)cc(F)c2F)o1. The molecule has 0 aliphatic carbocycles. The van der Waals surface area contributed by atoms with E-state index in [0.29, 0.717) is 6.07 Å². The van der Waals surface area contributed by atoms with Gasteiger partial charge in [-0.1, -0.05) is 0 Å². The Kier molecular flexibility index (Phi) is 2.63. The summed E-state index contributed by atoms with van der Waals surface area (Å²) in [5.41, 5.74) is -0.463. The highest BCUT2D eigenvalue weighted by Crippen LogP contribution is 2.27. The van der Waals surface area contributed by atoms with E-state index in [1.165, 1.54) is 0 Å². The van der Waals surface area contributed by atoms with Crippen molar-refractivity contribution < 1.29 is 27.5 Å². The maximum Gasteiger partial charge on any atom is 0.371 e. The molecule has 3 nitrogen and oxygen atoms in total. The summed E-state index contributed by atoms with van der Waals surface area (Å²) in [6.45, 7) is 0. The highest BCUT2D eigenvalue weighted by atomic mass is 19.2. The molecule has 0 fully saturated rings. The molecule has 1 heterocycles. The van der Waals surface area contributed by atoms with Crippen molar-refractivity contribution in [3.05, 3.63) is 47.5 Å². The Morgan fingerprint density at radius 2 is 1.88 bits per heavy atom. The van der Waals surface area contributed by atoms with Gasteiger partial charge in [0.05, 0.1) is 5.56 Å². The molecule has 1 aromatic heterocycles. The molecule has 0 spiro atoms. The van der Waals surface area contributed by atoms with Gasteiger partial charge in [-0.15, -0.1) is 0 Å². The van der Waals surface area contributed by atoms with Crippen molar-refractivity contribution in [3.8, 4) is 11.3 Å². The van der Waals surface area contributed by atoms with Gasteiger partial charge in [0.1, 0.15) is 11.6 Å². The molecule has 0 saturated carbocycles. The van der Waals surface area contributed by atoms with Gasteiger partial charge in [-0.25, -0.2) is 18.0 Å². The van der Waals surface area contributed by atoms with Gasteiger partial charge in [-0.2, -0.15) is 0 Å². The zero-order valence-corrected chi connectivity index (χ0v) is 8.21. The molecule has 0 aliphatic rings. The molecule has 0 radical (unpaired) electrons. The lowest BCUT2D eigenvalue weighted by Crippen LogP contribution is -1.93. The van der Waals surface area contributed by atoms with E-state index < -0.39 is 34.7 Å². The molecule has 0 aliphatic heterocycles. The van der Waals surface area contributed by atoms with E-state index >= 15 is 0 Å². The first-order valence-electron chi connectivity index (χ1n) is 4.47. The zero-order valence-electron chi connectivity index (χ0n) is 8.21. The molecule has 1 N–H and O–H groups in total. The van der Waals surface area contributed by atoms with E-state index in [9.17, 15) is 18.0 Å². The average molecular weight is 242 g/mol. The maximum atomic E-state index is 13.3. The van der Waals surface area contributed by atoms with Crippen molar-refractivity contribution >= 4 is 5.97 Å². The number of carbonyl (C=O) groups is 1. The molecule has 0 amide bonds. The molecule has 0 bridgehead atoms. The molecule has 88 valence electrons. The van der Waals surface area contributed by atoms with E-state index in [2.05, 4.69) is 0 Å². The number of rotatable bonds is 2. The second-order valence-electron chi connectivity index (χ2n) is 3.22. The summed E-state index contributed by atoms with van der Waals surface area (Å²) in [6, 6.07) is 3.31. The molecule has 0 atom stereocenters. The van der Waals surface area contributed by atoms with E-state index in [1.807, 2.05) is 0 Å². The number of hydrogen-bond donors (Lipinski definition) is 1. The number of hydrogen-bond acceptors (Lipinski definition) is 2. The maximum absolute atomic E-state index is 13.3. The van der Waals surface area contributed by atoms with Crippen LogP contribution in [0.25, 0.3) is 11.3 Å². The first-order valence-corrected chi connectivity index (χ1v) is 4.47. The zero-order chi connectivity index (χ0) is 12.6. The Hall–Kier alpha value is -2.24. The lowest BCUT2D eigenvalue weighted by molar-refractivity contribution is 0.0663. The van der Waals surface area contributed by atoms with Crippen LogP contribution >= 0.6 is 0 Å². The highest BCUT2D eigenvalue weighted by molar-refractivity contribution is 5.85. The van der Waals surface area contributed by atoms with Gasteiger partial charge in [0.25, 0.3) is 0 Å². The molecule has 2 aromatic rings.